The van der Waals surface area contributed by atoms with Crippen LogP contribution in [0.4, 0.5) is 11.6 Å². The number of H-pyrrole nitrogens is 1. The molecule has 1 aromatic heterocycles. The van der Waals surface area contributed by atoms with Gasteiger partial charge in [-0.05, 0) is 38.0 Å². The van der Waals surface area contributed by atoms with E-state index in [1.165, 1.54) is 22.9 Å². The first-order valence-corrected chi connectivity index (χ1v) is 7.68. The minimum Gasteiger partial charge on any atom is -0.368 e. The van der Waals surface area contributed by atoms with Gasteiger partial charge in [-0.3, -0.25) is 9.78 Å². The summed E-state index contributed by atoms with van der Waals surface area (Å²) in [6.45, 7) is 9.77. The third-order valence-electron chi connectivity index (χ3n) is 4.35. The fourth-order valence-corrected chi connectivity index (χ4v) is 2.95. The summed E-state index contributed by atoms with van der Waals surface area (Å²) in [6, 6.07) is 7.97. The van der Waals surface area contributed by atoms with Crippen molar-refractivity contribution in [2.45, 2.75) is 20.8 Å². The van der Waals surface area contributed by atoms with Gasteiger partial charge in [-0.1, -0.05) is 12.1 Å². The average Bonchev–Trinajstić information content (AvgIpc) is 2.49. The van der Waals surface area contributed by atoms with Crippen LogP contribution in [-0.4, -0.2) is 36.1 Å². The van der Waals surface area contributed by atoms with E-state index in [0.717, 1.165) is 31.9 Å². The van der Waals surface area contributed by atoms with Crippen LogP contribution in [0.5, 0.6) is 0 Å². The summed E-state index contributed by atoms with van der Waals surface area (Å²) in [5.41, 5.74) is 4.66. The Labute approximate surface area is 130 Å². The van der Waals surface area contributed by atoms with Gasteiger partial charge in [-0.25, -0.2) is 4.98 Å². The Hall–Kier alpha value is -2.30. The molecule has 0 aliphatic carbocycles. The molecule has 1 aromatic carbocycles. The van der Waals surface area contributed by atoms with E-state index >= 15 is 0 Å². The number of rotatable bonds is 2. The molecular formula is C17H22N4O. The normalized spacial score (nSPS) is 15.2. The fourth-order valence-electron chi connectivity index (χ4n) is 2.95. The number of benzene rings is 1. The molecule has 1 aliphatic rings. The second-order valence-corrected chi connectivity index (χ2v) is 5.90. The number of nitrogens with one attached hydrogen (secondary N) is 1. The molecule has 0 spiro atoms. The van der Waals surface area contributed by atoms with Gasteiger partial charge in [-0.15, -0.1) is 0 Å². The number of hydrogen-bond acceptors (Lipinski definition) is 4. The SMILES string of the molecule is Cc1cc(=O)[nH]c(N2CCN(c3cccc(C)c3C)CC2)n1. The van der Waals surface area contributed by atoms with Crippen molar-refractivity contribution in [3.8, 4) is 0 Å². The molecule has 22 heavy (non-hydrogen) atoms. The number of anilines is 2. The van der Waals surface area contributed by atoms with Crippen LogP contribution < -0.4 is 15.4 Å². The molecule has 3 rings (SSSR count). The Morgan fingerprint density at radius 1 is 1.05 bits per heavy atom. The average molecular weight is 298 g/mol. The molecule has 2 aromatic rings. The molecule has 1 fully saturated rings. The van der Waals surface area contributed by atoms with Crippen molar-refractivity contribution in [2.24, 2.45) is 0 Å². The van der Waals surface area contributed by atoms with Crippen molar-refractivity contribution in [1.82, 2.24) is 9.97 Å². The van der Waals surface area contributed by atoms with Gasteiger partial charge < -0.3 is 9.80 Å². The van der Waals surface area contributed by atoms with Crippen molar-refractivity contribution in [2.75, 3.05) is 36.0 Å². The maximum atomic E-state index is 11.6. The molecule has 0 unspecified atom stereocenters. The number of hydrogen-bond donors (Lipinski definition) is 1. The van der Waals surface area contributed by atoms with Gasteiger partial charge in [-0.2, -0.15) is 0 Å². The van der Waals surface area contributed by atoms with Crippen molar-refractivity contribution in [3.63, 3.8) is 0 Å². The van der Waals surface area contributed by atoms with Crippen LogP contribution in [0.2, 0.25) is 0 Å². The standard InChI is InChI=1S/C17H22N4O/c1-12-5-4-6-15(14(12)3)20-7-9-21(10-8-20)17-18-13(2)11-16(22)19-17/h4-6,11H,7-10H2,1-3H3,(H,18,19,22). The molecule has 0 saturated carbocycles. The quantitative estimate of drug-likeness (QED) is 0.921. The van der Waals surface area contributed by atoms with E-state index in [1.54, 1.807) is 0 Å². The smallest absolute Gasteiger partial charge is 0.252 e. The molecule has 116 valence electrons. The highest BCUT2D eigenvalue weighted by Gasteiger charge is 2.20. The second kappa shape index (κ2) is 5.83. The number of aryl methyl sites for hydroxylation is 2. The van der Waals surface area contributed by atoms with Gasteiger partial charge >= 0.3 is 0 Å². The maximum absolute atomic E-state index is 11.6. The number of piperazine rings is 1. The first kappa shape index (κ1) is 14.6. The lowest BCUT2D eigenvalue weighted by molar-refractivity contribution is 0.637. The molecule has 5 heteroatoms. The molecule has 2 heterocycles. The van der Waals surface area contributed by atoms with Crippen molar-refractivity contribution < 1.29 is 0 Å². The third-order valence-corrected chi connectivity index (χ3v) is 4.35. The lowest BCUT2D eigenvalue weighted by Gasteiger charge is -2.37. The van der Waals surface area contributed by atoms with Gasteiger partial charge in [0, 0.05) is 43.6 Å². The van der Waals surface area contributed by atoms with E-state index in [4.69, 9.17) is 0 Å². The van der Waals surface area contributed by atoms with E-state index in [9.17, 15) is 4.79 Å². The van der Waals surface area contributed by atoms with Crippen LogP contribution >= 0.6 is 0 Å². The van der Waals surface area contributed by atoms with Crippen molar-refractivity contribution in [1.29, 1.82) is 0 Å². The van der Waals surface area contributed by atoms with Crippen molar-refractivity contribution in [3.05, 3.63) is 51.4 Å². The van der Waals surface area contributed by atoms with E-state index in [0.29, 0.717) is 5.95 Å². The van der Waals surface area contributed by atoms with Crippen LogP contribution in [0.25, 0.3) is 0 Å². The van der Waals surface area contributed by atoms with E-state index in [-0.39, 0.29) is 5.56 Å². The molecule has 0 radical (unpaired) electrons. The van der Waals surface area contributed by atoms with E-state index in [1.807, 2.05) is 6.92 Å². The Bertz CT molecular complexity index is 730. The van der Waals surface area contributed by atoms with Crippen LogP contribution in [0.15, 0.2) is 29.1 Å². The van der Waals surface area contributed by atoms with Crippen molar-refractivity contribution >= 4 is 11.6 Å². The lowest BCUT2D eigenvalue weighted by Crippen LogP contribution is -2.47. The van der Waals surface area contributed by atoms with E-state index < -0.39 is 0 Å². The summed E-state index contributed by atoms with van der Waals surface area (Å²) in [6.07, 6.45) is 0. The minimum atomic E-state index is -0.0838. The lowest BCUT2D eigenvalue weighted by atomic mass is 10.1. The highest BCUT2D eigenvalue weighted by Crippen LogP contribution is 2.24. The number of aromatic nitrogens is 2. The molecular weight excluding hydrogens is 276 g/mol. The predicted molar refractivity (Wildman–Crippen MR) is 89.9 cm³/mol. The zero-order chi connectivity index (χ0) is 15.7. The Morgan fingerprint density at radius 3 is 2.41 bits per heavy atom. The highest BCUT2D eigenvalue weighted by molar-refractivity contribution is 5.57. The van der Waals surface area contributed by atoms with Gasteiger partial charge in [0.2, 0.25) is 5.95 Å². The summed E-state index contributed by atoms with van der Waals surface area (Å²) in [5.74, 6) is 0.686. The number of nitrogens with zero attached hydrogens (tertiary/aromatic N) is 3. The molecule has 0 bridgehead atoms. The Kier molecular flexibility index (Phi) is 3.88. The highest BCUT2D eigenvalue weighted by atomic mass is 16.1. The predicted octanol–water partition coefficient (Wildman–Crippen LogP) is 2.02. The maximum Gasteiger partial charge on any atom is 0.252 e. The first-order valence-electron chi connectivity index (χ1n) is 7.68. The molecule has 1 aliphatic heterocycles. The molecule has 1 saturated heterocycles. The molecule has 0 atom stereocenters. The monoisotopic (exact) mass is 298 g/mol. The largest absolute Gasteiger partial charge is 0.368 e. The van der Waals surface area contributed by atoms with Crippen LogP contribution in [0, 0.1) is 20.8 Å². The Morgan fingerprint density at radius 2 is 1.73 bits per heavy atom. The summed E-state index contributed by atoms with van der Waals surface area (Å²) < 4.78 is 0. The van der Waals surface area contributed by atoms with Gasteiger partial charge in [0.15, 0.2) is 0 Å². The number of aromatic amines is 1. The summed E-state index contributed by atoms with van der Waals surface area (Å²) >= 11 is 0. The fraction of sp³-hybridized carbons (Fsp3) is 0.412. The van der Waals surface area contributed by atoms with Crippen LogP contribution in [0.1, 0.15) is 16.8 Å². The zero-order valence-corrected chi connectivity index (χ0v) is 13.4. The van der Waals surface area contributed by atoms with Crippen LogP contribution in [0.3, 0.4) is 0 Å². The Balaban J connectivity index is 1.75. The van der Waals surface area contributed by atoms with Crippen LogP contribution in [-0.2, 0) is 0 Å². The topological polar surface area (TPSA) is 52.2 Å². The third kappa shape index (κ3) is 2.84. The molecule has 0 amide bonds. The zero-order valence-electron chi connectivity index (χ0n) is 13.4. The van der Waals surface area contributed by atoms with E-state index in [2.05, 4.69) is 51.8 Å². The first-order chi connectivity index (χ1) is 10.5. The van der Waals surface area contributed by atoms with Gasteiger partial charge in [0.05, 0.1) is 0 Å². The molecule has 5 nitrogen and oxygen atoms in total. The van der Waals surface area contributed by atoms with Gasteiger partial charge in [0.25, 0.3) is 5.56 Å². The summed E-state index contributed by atoms with van der Waals surface area (Å²) in [7, 11) is 0. The second-order valence-electron chi connectivity index (χ2n) is 5.90. The minimum absolute atomic E-state index is 0.0838. The van der Waals surface area contributed by atoms with Gasteiger partial charge in [0.1, 0.15) is 0 Å². The molecule has 1 N–H and O–H groups in total. The summed E-state index contributed by atoms with van der Waals surface area (Å²) in [5, 5.41) is 0. The summed E-state index contributed by atoms with van der Waals surface area (Å²) in [4.78, 5) is 23.4.